The van der Waals surface area contributed by atoms with Gasteiger partial charge < -0.3 is 0 Å². The van der Waals surface area contributed by atoms with Crippen molar-refractivity contribution in [3.05, 3.63) is 65.7 Å². The molecule has 1 saturated heterocycles. The van der Waals surface area contributed by atoms with Crippen molar-refractivity contribution in [1.82, 2.24) is 4.31 Å². The number of sulfonamides is 1. The third-order valence-electron chi connectivity index (χ3n) is 4.34. The number of rotatable bonds is 4. The molecule has 0 N–H and O–H groups in total. The average molecular weight is 365 g/mol. The summed E-state index contributed by atoms with van der Waals surface area (Å²) in [6, 6.07) is 9.87. The first-order chi connectivity index (χ1) is 11.9. The molecule has 0 amide bonds. The smallest absolute Gasteiger partial charge is 0.243 e. The first-order valence-corrected chi connectivity index (χ1v) is 9.37. The molecule has 1 aliphatic rings. The van der Waals surface area contributed by atoms with E-state index in [2.05, 4.69) is 0 Å². The summed E-state index contributed by atoms with van der Waals surface area (Å²) < 4.78 is 52.7. The van der Waals surface area contributed by atoms with E-state index < -0.39 is 27.6 Å². The second kappa shape index (κ2) is 7.01. The van der Waals surface area contributed by atoms with Gasteiger partial charge in [0.05, 0.1) is 4.90 Å². The fourth-order valence-electron chi connectivity index (χ4n) is 2.98. The fraction of sp³-hybridized carbons (Fsp3) is 0.278. The summed E-state index contributed by atoms with van der Waals surface area (Å²) in [6.07, 6.45) is 1.13. The topological polar surface area (TPSA) is 54.5 Å². The molecule has 132 valence electrons. The van der Waals surface area contributed by atoms with Gasteiger partial charge in [0, 0.05) is 24.6 Å². The second-order valence-electron chi connectivity index (χ2n) is 6.03. The van der Waals surface area contributed by atoms with E-state index in [1.54, 1.807) is 0 Å². The maximum absolute atomic E-state index is 13.0. The van der Waals surface area contributed by atoms with Gasteiger partial charge in [-0.2, -0.15) is 4.31 Å². The zero-order chi connectivity index (χ0) is 18.0. The Morgan fingerprint density at radius 2 is 1.52 bits per heavy atom. The molecule has 1 fully saturated rings. The van der Waals surface area contributed by atoms with Gasteiger partial charge in [-0.05, 0) is 61.4 Å². The average Bonchev–Trinajstić information content (AvgIpc) is 2.62. The van der Waals surface area contributed by atoms with Gasteiger partial charge >= 0.3 is 0 Å². The molecule has 2 aromatic carbocycles. The van der Waals surface area contributed by atoms with Crippen molar-refractivity contribution in [2.45, 2.75) is 17.7 Å². The molecule has 1 atom stereocenters. The van der Waals surface area contributed by atoms with Gasteiger partial charge in [0.2, 0.25) is 10.0 Å². The van der Waals surface area contributed by atoms with Crippen molar-refractivity contribution < 1.29 is 22.0 Å². The molecule has 0 aromatic heterocycles. The van der Waals surface area contributed by atoms with E-state index in [0.717, 1.165) is 12.1 Å². The molecule has 1 heterocycles. The Kier molecular flexibility index (Phi) is 4.96. The normalized spacial score (nSPS) is 18.9. The molecular weight excluding hydrogens is 348 g/mol. The number of halogens is 2. The minimum Gasteiger partial charge on any atom is -0.294 e. The highest BCUT2D eigenvalue weighted by Gasteiger charge is 2.33. The van der Waals surface area contributed by atoms with Crippen molar-refractivity contribution in [2.75, 3.05) is 13.1 Å². The Morgan fingerprint density at radius 1 is 0.960 bits per heavy atom. The van der Waals surface area contributed by atoms with Crippen molar-refractivity contribution >= 4 is 15.8 Å². The lowest BCUT2D eigenvalue weighted by molar-refractivity contribution is 0.0872. The first kappa shape index (κ1) is 17.7. The van der Waals surface area contributed by atoms with Crippen LogP contribution in [0.5, 0.6) is 0 Å². The molecule has 7 heteroatoms. The summed E-state index contributed by atoms with van der Waals surface area (Å²) >= 11 is 0. The van der Waals surface area contributed by atoms with Gasteiger partial charge in [0.25, 0.3) is 0 Å². The Labute approximate surface area is 145 Å². The number of hydrogen-bond donors (Lipinski definition) is 0. The monoisotopic (exact) mass is 365 g/mol. The zero-order valence-corrected chi connectivity index (χ0v) is 14.2. The Bertz CT molecular complexity index is 864. The molecule has 4 nitrogen and oxygen atoms in total. The number of carbonyl (C=O) groups is 1. The maximum atomic E-state index is 13.0. The highest BCUT2D eigenvalue weighted by atomic mass is 32.2. The third-order valence-corrected chi connectivity index (χ3v) is 6.21. The third kappa shape index (κ3) is 3.77. The lowest BCUT2D eigenvalue weighted by Crippen LogP contribution is -2.42. The summed E-state index contributed by atoms with van der Waals surface area (Å²) in [7, 11) is -3.78. The molecule has 0 bridgehead atoms. The number of ketones is 1. The van der Waals surface area contributed by atoms with Gasteiger partial charge in [-0.15, -0.1) is 0 Å². The van der Waals surface area contributed by atoms with Crippen molar-refractivity contribution in [3.8, 4) is 0 Å². The van der Waals surface area contributed by atoms with Gasteiger partial charge in [-0.25, -0.2) is 17.2 Å². The standard InChI is InChI=1S/C18H17F2NO3S/c19-15-5-3-13(4-6-15)18(22)14-2-1-11-21(12-14)25(23,24)17-9-7-16(20)8-10-17/h3-10,14H,1-2,11-12H2. The van der Waals surface area contributed by atoms with E-state index in [-0.39, 0.29) is 17.2 Å². The van der Waals surface area contributed by atoms with E-state index >= 15 is 0 Å². The summed E-state index contributed by atoms with van der Waals surface area (Å²) in [6.45, 7) is 0.378. The quantitative estimate of drug-likeness (QED) is 0.782. The van der Waals surface area contributed by atoms with E-state index in [9.17, 15) is 22.0 Å². The van der Waals surface area contributed by atoms with Gasteiger partial charge in [0.15, 0.2) is 5.78 Å². The molecule has 25 heavy (non-hydrogen) atoms. The summed E-state index contributed by atoms with van der Waals surface area (Å²) in [5.74, 6) is -1.61. The lowest BCUT2D eigenvalue weighted by atomic mass is 9.91. The highest BCUT2D eigenvalue weighted by molar-refractivity contribution is 7.89. The molecule has 0 saturated carbocycles. The summed E-state index contributed by atoms with van der Waals surface area (Å²) in [4.78, 5) is 12.6. The van der Waals surface area contributed by atoms with Crippen LogP contribution in [-0.2, 0) is 10.0 Å². The highest BCUT2D eigenvalue weighted by Crippen LogP contribution is 2.26. The number of carbonyl (C=O) groups excluding carboxylic acids is 1. The van der Waals surface area contributed by atoms with Crippen LogP contribution in [0.2, 0.25) is 0 Å². The number of hydrogen-bond acceptors (Lipinski definition) is 3. The van der Waals surface area contributed by atoms with Gasteiger partial charge in [-0.1, -0.05) is 0 Å². The lowest BCUT2D eigenvalue weighted by Gasteiger charge is -2.31. The number of piperidine rings is 1. The van der Waals surface area contributed by atoms with Crippen molar-refractivity contribution in [3.63, 3.8) is 0 Å². The molecule has 1 unspecified atom stereocenters. The number of nitrogens with zero attached hydrogens (tertiary/aromatic N) is 1. The van der Waals surface area contributed by atoms with E-state index in [1.807, 2.05) is 0 Å². The van der Waals surface area contributed by atoms with Gasteiger partial charge in [-0.3, -0.25) is 4.79 Å². The van der Waals surface area contributed by atoms with Crippen LogP contribution >= 0.6 is 0 Å². The van der Waals surface area contributed by atoms with Crippen LogP contribution in [0.1, 0.15) is 23.2 Å². The van der Waals surface area contributed by atoms with Crippen LogP contribution in [0.15, 0.2) is 53.4 Å². The first-order valence-electron chi connectivity index (χ1n) is 7.93. The van der Waals surface area contributed by atoms with E-state index in [0.29, 0.717) is 24.9 Å². The molecule has 0 radical (unpaired) electrons. The summed E-state index contributed by atoms with van der Waals surface area (Å²) in [5, 5.41) is 0. The van der Waals surface area contributed by atoms with Crippen molar-refractivity contribution in [1.29, 1.82) is 0 Å². The zero-order valence-electron chi connectivity index (χ0n) is 13.4. The molecule has 0 spiro atoms. The van der Waals surface area contributed by atoms with Crippen LogP contribution in [0.3, 0.4) is 0 Å². The van der Waals surface area contributed by atoms with E-state index in [1.165, 1.54) is 40.7 Å². The molecular formula is C18H17F2NO3S. The molecule has 2 aromatic rings. The van der Waals surface area contributed by atoms with E-state index in [4.69, 9.17) is 0 Å². The van der Waals surface area contributed by atoms with Crippen molar-refractivity contribution in [2.24, 2.45) is 5.92 Å². The van der Waals surface area contributed by atoms with Crippen LogP contribution in [0, 0.1) is 17.6 Å². The SMILES string of the molecule is O=C(c1ccc(F)cc1)C1CCCN(S(=O)(=O)c2ccc(F)cc2)C1. The molecule has 3 rings (SSSR count). The Balaban J connectivity index is 1.79. The van der Waals surface area contributed by atoms with Gasteiger partial charge in [0.1, 0.15) is 11.6 Å². The largest absolute Gasteiger partial charge is 0.294 e. The van der Waals surface area contributed by atoms with Crippen LogP contribution in [-0.4, -0.2) is 31.6 Å². The summed E-state index contributed by atoms with van der Waals surface area (Å²) in [5.41, 5.74) is 0.368. The predicted octanol–water partition coefficient (Wildman–Crippen LogP) is 3.25. The maximum Gasteiger partial charge on any atom is 0.243 e. The Morgan fingerprint density at radius 3 is 2.12 bits per heavy atom. The number of benzene rings is 2. The minimum absolute atomic E-state index is 0.00350. The number of Topliss-reactive ketones (excluding diaryl/α,β-unsaturated/α-hetero) is 1. The Hall–Kier alpha value is -2.12. The van der Waals surface area contributed by atoms with Crippen LogP contribution in [0.25, 0.3) is 0 Å². The fourth-order valence-corrected chi connectivity index (χ4v) is 4.50. The predicted molar refractivity (Wildman–Crippen MR) is 88.6 cm³/mol. The minimum atomic E-state index is -3.78. The van der Waals surface area contributed by atoms with Crippen LogP contribution in [0.4, 0.5) is 8.78 Å². The molecule has 1 aliphatic heterocycles. The second-order valence-corrected chi connectivity index (χ2v) is 7.97. The van der Waals surface area contributed by atoms with Crippen LogP contribution < -0.4 is 0 Å². The molecule has 0 aliphatic carbocycles.